The summed E-state index contributed by atoms with van der Waals surface area (Å²) in [7, 11) is 0. The van der Waals surface area contributed by atoms with Gasteiger partial charge in [-0.1, -0.05) is 75.4 Å². The number of benzene rings is 3. The molecule has 3 atom stereocenters. The normalized spacial score (nSPS) is 19.7. The van der Waals surface area contributed by atoms with Gasteiger partial charge in [-0.2, -0.15) is 13.2 Å². The summed E-state index contributed by atoms with van der Waals surface area (Å²) >= 11 is 5.19. The highest BCUT2D eigenvalue weighted by molar-refractivity contribution is 9.10. The summed E-state index contributed by atoms with van der Waals surface area (Å²) < 4.78 is 43.8. The number of thioether (sulfide) groups is 1. The van der Waals surface area contributed by atoms with Gasteiger partial charge in [-0.15, -0.1) is 0 Å². The molecule has 1 aromatic heterocycles. The van der Waals surface area contributed by atoms with E-state index in [1.807, 2.05) is 13.0 Å². The van der Waals surface area contributed by atoms with Crippen molar-refractivity contribution in [2.45, 2.75) is 35.8 Å². The number of hydrogen-bond acceptors (Lipinski definition) is 6. The number of thiazole rings is 1. The van der Waals surface area contributed by atoms with E-state index in [9.17, 15) is 32.3 Å². The Balaban J connectivity index is 1.43. The van der Waals surface area contributed by atoms with Crippen LogP contribution in [-0.2, 0) is 27.1 Å². The van der Waals surface area contributed by atoms with Gasteiger partial charge in [-0.25, -0.2) is 4.90 Å². The second-order valence-corrected chi connectivity index (χ2v) is 13.2. The molecule has 1 saturated heterocycles. The SMILES string of the molecule is Cc1cccc(NC(=O)Cn2c3c(sc2=O)[C@H](c2ccc(Br)cc2)C2C(=O)N(c4ccccc4C(F)(F)F)C(=O)C2S3)c1. The number of carbonyl (C=O) groups is 3. The van der Waals surface area contributed by atoms with Gasteiger partial charge in [0.15, 0.2) is 0 Å². The third-order valence-electron chi connectivity index (χ3n) is 7.33. The molecule has 0 bridgehead atoms. The number of fused-ring (bicyclic) bond motifs is 2. The lowest BCUT2D eigenvalue weighted by molar-refractivity contribution is -0.137. The summed E-state index contributed by atoms with van der Waals surface area (Å²) in [4.78, 5) is 54.7. The van der Waals surface area contributed by atoms with Crippen molar-refractivity contribution in [3.63, 3.8) is 0 Å². The molecule has 1 N–H and O–H groups in total. The Labute approximate surface area is 259 Å². The molecule has 13 heteroatoms. The summed E-state index contributed by atoms with van der Waals surface area (Å²) in [6.07, 6.45) is -4.80. The number of nitrogens with zero attached hydrogens (tertiary/aromatic N) is 2. The fourth-order valence-corrected chi connectivity index (χ4v) is 8.53. The largest absolute Gasteiger partial charge is 0.418 e. The molecule has 0 spiro atoms. The molecule has 43 heavy (non-hydrogen) atoms. The second-order valence-electron chi connectivity index (χ2n) is 10.2. The number of imide groups is 1. The quantitative estimate of drug-likeness (QED) is 0.244. The van der Waals surface area contributed by atoms with E-state index in [0.29, 0.717) is 26.1 Å². The monoisotopic (exact) mass is 687 g/mol. The number of alkyl halides is 3. The molecule has 2 aliphatic heterocycles. The van der Waals surface area contributed by atoms with Crippen molar-refractivity contribution in [1.29, 1.82) is 0 Å². The Morgan fingerprint density at radius 2 is 1.70 bits per heavy atom. The van der Waals surface area contributed by atoms with Crippen LogP contribution in [0.25, 0.3) is 0 Å². The van der Waals surface area contributed by atoms with Gasteiger partial charge in [0.1, 0.15) is 11.8 Å². The Bertz CT molecular complexity index is 1840. The van der Waals surface area contributed by atoms with E-state index in [0.717, 1.165) is 45.3 Å². The number of amides is 3. The lowest BCUT2D eigenvalue weighted by Gasteiger charge is -2.30. The standard InChI is InChI=1S/C30H21BrF3N3O4S2/c1-15-5-4-6-18(13-15)35-21(38)14-36-28-25(43-29(36)41)22(16-9-11-17(31)12-10-16)23-24(42-28)27(40)37(26(23)39)20-8-3-2-7-19(20)30(32,33)34/h2-13,22-24H,14H2,1H3,(H,35,38)/t22-,23?,24?/m1/s1. The minimum absolute atomic E-state index is 0.343. The van der Waals surface area contributed by atoms with Crippen molar-refractivity contribution in [2.24, 2.45) is 5.92 Å². The molecule has 2 aliphatic rings. The molecule has 2 unspecified atom stereocenters. The molecular formula is C30H21BrF3N3O4S2. The van der Waals surface area contributed by atoms with Gasteiger partial charge >= 0.3 is 11.0 Å². The molecule has 1 fully saturated rings. The molecule has 7 nitrogen and oxygen atoms in total. The third-order valence-corrected chi connectivity index (χ3v) is 10.5. The van der Waals surface area contributed by atoms with Crippen LogP contribution in [0.1, 0.15) is 27.5 Å². The first-order chi connectivity index (χ1) is 20.4. The Morgan fingerprint density at radius 1 is 0.977 bits per heavy atom. The minimum Gasteiger partial charge on any atom is -0.325 e. The van der Waals surface area contributed by atoms with Crippen LogP contribution in [0.15, 0.2) is 87.1 Å². The van der Waals surface area contributed by atoms with Crippen LogP contribution in [-0.4, -0.2) is 27.5 Å². The summed E-state index contributed by atoms with van der Waals surface area (Å²) in [6.45, 7) is 1.53. The average molecular weight is 689 g/mol. The third kappa shape index (κ3) is 5.34. The molecule has 3 amide bonds. The maximum absolute atomic E-state index is 14.0. The van der Waals surface area contributed by atoms with Crippen molar-refractivity contribution in [3.05, 3.63) is 109 Å². The molecule has 220 valence electrons. The van der Waals surface area contributed by atoms with Crippen LogP contribution < -0.4 is 15.1 Å². The maximum atomic E-state index is 14.0. The molecule has 0 radical (unpaired) electrons. The highest BCUT2D eigenvalue weighted by Crippen LogP contribution is 2.54. The number of halogens is 4. The lowest BCUT2D eigenvalue weighted by atomic mass is 9.83. The number of anilines is 2. The van der Waals surface area contributed by atoms with E-state index in [-0.39, 0.29) is 6.54 Å². The smallest absolute Gasteiger partial charge is 0.325 e. The van der Waals surface area contributed by atoms with Crippen LogP contribution in [0, 0.1) is 12.8 Å². The van der Waals surface area contributed by atoms with Crippen LogP contribution in [0.5, 0.6) is 0 Å². The van der Waals surface area contributed by atoms with Gasteiger partial charge in [0.05, 0.1) is 22.2 Å². The summed E-state index contributed by atoms with van der Waals surface area (Å²) in [5.74, 6) is -3.92. The van der Waals surface area contributed by atoms with Gasteiger partial charge in [-0.3, -0.25) is 23.7 Å². The first-order valence-corrected chi connectivity index (χ1v) is 15.5. The van der Waals surface area contributed by atoms with E-state index in [2.05, 4.69) is 21.2 Å². The fraction of sp³-hybridized carbons (Fsp3) is 0.200. The lowest BCUT2D eigenvalue weighted by Crippen LogP contribution is -2.33. The summed E-state index contributed by atoms with van der Waals surface area (Å²) in [5.41, 5.74) is 0.471. The van der Waals surface area contributed by atoms with Crippen molar-refractivity contribution in [3.8, 4) is 0 Å². The van der Waals surface area contributed by atoms with Gasteiger partial charge in [0.25, 0.3) is 0 Å². The number of para-hydroxylation sites is 1. The van der Waals surface area contributed by atoms with E-state index >= 15 is 0 Å². The first kappa shape index (κ1) is 29.4. The highest BCUT2D eigenvalue weighted by atomic mass is 79.9. The van der Waals surface area contributed by atoms with Crippen LogP contribution in [0.4, 0.5) is 24.5 Å². The van der Waals surface area contributed by atoms with Crippen molar-refractivity contribution in [1.82, 2.24) is 4.57 Å². The molecule has 3 heterocycles. The summed E-state index contributed by atoms with van der Waals surface area (Å²) in [6, 6.07) is 18.6. The molecule has 6 rings (SSSR count). The number of aryl methyl sites for hydroxylation is 1. The number of hydrogen-bond donors (Lipinski definition) is 1. The number of aromatic nitrogens is 1. The zero-order valence-corrected chi connectivity index (χ0v) is 25.4. The van der Waals surface area contributed by atoms with Crippen LogP contribution in [0.3, 0.4) is 0 Å². The fourth-order valence-electron chi connectivity index (χ4n) is 5.50. The number of rotatable bonds is 5. The second kappa shape index (κ2) is 11.1. The first-order valence-electron chi connectivity index (χ1n) is 13.0. The zero-order chi connectivity index (χ0) is 30.6. The van der Waals surface area contributed by atoms with Gasteiger partial charge in [0.2, 0.25) is 17.7 Å². The summed E-state index contributed by atoms with van der Waals surface area (Å²) in [5, 5.41) is 2.00. The Hall–Kier alpha value is -3.68. The van der Waals surface area contributed by atoms with E-state index < -0.39 is 57.1 Å². The number of carbonyl (C=O) groups excluding carboxylic acids is 3. The van der Waals surface area contributed by atoms with Crippen LogP contribution >= 0.6 is 39.0 Å². The maximum Gasteiger partial charge on any atom is 0.418 e. The topological polar surface area (TPSA) is 88.5 Å². The molecule has 3 aromatic carbocycles. The minimum atomic E-state index is -4.80. The Kier molecular flexibility index (Phi) is 7.59. The van der Waals surface area contributed by atoms with Gasteiger partial charge in [0, 0.05) is 21.0 Å². The van der Waals surface area contributed by atoms with Crippen molar-refractivity contribution in [2.75, 3.05) is 10.2 Å². The van der Waals surface area contributed by atoms with Crippen molar-refractivity contribution < 1.29 is 27.6 Å². The zero-order valence-electron chi connectivity index (χ0n) is 22.2. The molecule has 0 aliphatic carbocycles. The average Bonchev–Trinajstić information content (AvgIpc) is 3.39. The molecule has 4 aromatic rings. The van der Waals surface area contributed by atoms with E-state index in [4.69, 9.17) is 0 Å². The van der Waals surface area contributed by atoms with Crippen molar-refractivity contribution >= 4 is 68.1 Å². The Morgan fingerprint density at radius 3 is 2.40 bits per heavy atom. The highest BCUT2D eigenvalue weighted by Gasteiger charge is 2.57. The van der Waals surface area contributed by atoms with E-state index in [1.54, 1.807) is 42.5 Å². The number of nitrogens with one attached hydrogen (secondary N) is 1. The predicted octanol–water partition coefficient (Wildman–Crippen LogP) is 6.43. The van der Waals surface area contributed by atoms with Crippen LogP contribution in [0.2, 0.25) is 0 Å². The molecule has 0 saturated carbocycles. The van der Waals surface area contributed by atoms with Gasteiger partial charge < -0.3 is 5.32 Å². The molecular weight excluding hydrogens is 667 g/mol. The predicted molar refractivity (Wildman–Crippen MR) is 161 cm³/mol. The van der Waals surface area contributed by atoms with E-state index in [1.165, 1.54) is 16.7 Å². The van der Waals surface area contributed by atoms with Gasteiger partial charge in [-0.05, 0) is 54.4 Å².